The summed E-state index contributed by atoms with van der Waals surface area (Å²) in [7, 11) is 0. The van der Waals surface area contributed by atoms with Crippen molar-refractivity contribution < 1.29 is 4.39 Å². The predicted molar refractivity (Wildman–Crippen MR) is 147 cm³/mol. The summed E-state index contributed by atoms with van der Waals surface area (Å²) in [6.45, 7) is 2.18. The van der Waals surface area contributed by atoms with Crippen LogP contribution >= 0.6 is 0 Å². The summed E-state index contributed by atoms with van der Waals surface area (Å²) in [5.74, 6) is 1.02. The second-order valence-corrected chi connectivity index (χ2v) is 9.94. The summed E-state index contributed by atoms with van der Waals surface area (Å²) in [5.41, 5.74) is 8.52. The van der Waals surface area contributed by atoms with E-state index in [2.05, 4.69) is 31.5 Å². The third-order valence-corrected chi connectivity index (χ3v) is 7.35. The Kier molecular flexibility index (Phi) is 5.66. The maximum Gasteiger partial charge on any atom is 0.161 e. The van der Waals surface area contributed by atoms with Crippen LogP contribution in [0.15, 0.2) is 73.1 Å². The van der Waals surface area contributed by atoms with Crippen molar-refractivity contribution in [2.75, 3.05) is 13.1 Å². The molecular weight excluding hydrogens is 477 g/mol. The van der Waals surface area contributed by atoms with E-state index < -0.39 is 0 Å². The standard InChI is InChI=1S/C30H26FN7/c31-22-4-1-3-20(15-22)23-5-2-6-25-27(23)36-30(35-25)29-28-26(37-38-29)8-7-24(34-28)21-14-19(16-33-17-21)13-18-9-11-32-12-10-18/h1-8,14-18,32H,9-13H2,(H,35,36)(H,37,38). The van der Waals surface area contributed by atoms with Gasteiger partial charge in [0.2, 0.25) is 0 Å². The van der Waals surface area contributed by atoms with Crippen LogP contribution in [-0.4, -0.2) is 43.2 Å². The number of imidazole rings is 1. The van der Waals surface area contributed by atoms with E-state index in [-0.39, 0.29) is 5.82 Å². The monoisotopic (exact) mass is 503 g/mol. The minimum Gasteiger partial charge on any atom is -0.336 e. The molecule has 0 unspecified atom stereocenters. The van der Waals surface area contributed by atoms with E-state index in [0.29, 0.717) is 17.4 Å². The van der Waals surface area contributed by atoms with E-state index >= 15 is 0 Å². The van der Waals surface area contributed by atoms with E-state index in [9.17, 15) is 4.39 Å². The van der Waals surface area contributed by atoms with Crippen LogP contribution in [0.5, 0.6) is 0 Å². The Morgan fingerprint density at radius 1 is 0.842 bits per heavy atom. The number of nitrogens with zero attached hydrogens (tertiary/aromatic N) is 4. The second kappa shape index (κ2) is 9.46. The molecule has 3 N–H and O–H groups in total. The topological polar surface area (TPSA) is 95.2 Å². The molecular formula is C30H26FN7. The van der Waals surface area contributed by atoms with Crippen molar-refractivity contribution in [3.05, 3.63) is 84.4 Å². The van der Waals surface area contributed by atoms with Gasteiger partial charge in [0.1, 0.15) is 11.3 Å². The molecule has 188 valence electrons. The number of hydrogen-bond acceptors (Lipinski definition) is 5. The van der Waals surface area contributed by atoms with Gasteiger partial charge in [-0.3, -0.25) is 10.1 Å². The maximum atomic E-state index is 13.9. The number of piperidine rings is 1. The third-order valence-electron chi connectivity index (χ3n) is 7.35. The number of hydrogen-bond donors (Lipinski definition) is 3. The molecule has 1 fully saturated rings. The quantitative estimate of drug-likeness (QED) is 0.272. The summed E-state index contributed by atoms with van der Waals surface area (Å²) < 4.78 is 13.9. The molecule has 7 rings (SSSR count). The fraction of sp³-hybridized carbons (Fsp3) is 0.200. The molecule has 0 atom stereocenters. The van der Waals surface area contributed by atoms with Crippen LogP contribution in [0.2, 0.25) is 0 Å². The molecule has 4 aromatic heterocycles. The number of fused-ring (bicyclic) bond motifs is 2. The maximum absolute atomic E-state index is 13.9. The Hall–Kier alpha value is -4.43. The summed E-state index contributed by atoms with van der Waals surface area (Å²) in [6.07, 6.45) is 7.27. The molecule has 0 saturated carbocycles. The minimum absolute atomic E-state index is 0.278. The molecule has 1 saturated heterocycles. The molecule has 0 radical (unpaired) electrons. The minimum atomic E-state index is -0.278. The number of aromatic nitrogens is 6. The van der Waals surface area contributed by atoms with E-state index in [4.69, 9.17) is 9.97 Å². The van der Waals surface area contributed by atoms with Gasteiger partial charge in [0.05, 0.1) is 22.2 Å². The number of pyridine rings is 2. The zero-order valence-electron chi connectivity index (χ0n) is 20.7. The lowest BCUT2D eigenvalue weighted by Gasteiger charge is -2.22. The number of aromatic amines is 2. The first-order chi connectivity index (χ1) is 18.7. The van der Waals surface area contributed by atoms with Crippen LogP contribution < -0.4 is 5.32 Å². The van der Waals surface area contributed by atoms with Crippen molar-refractivity contribution in [1.29, 1.82) is 0 Å². The van der Waals surface area contributed by atoms with E-state index in [1.165, 1.54) is 30.5 Å². The highest BCUT2D eigenvalue weighted by Crippen LogP contribution is 2.32. The van der Waals surface area contributed by atoms with Gasteiger partial charge in [0, 0.05) is 23.5 Å². The van der Waals surface area contributed by atoms with Crippen LogP contribution in [0, 0.1) is 11.7 Å². The number of nitrogens with one attached hydrogen (secondary N) is 3. The molecule has 0 amide bonds. The molecule has 0 bridgehead atoms. The highest BCUT2D eigenvalue weighted by molar-refractivity contribution is 5.96. The van der Waals surface area contributed by atoms with Crippen LogP contribution in [0.25, 0.3) is 56.0 Å². The lowest BCUT2D eigenvalue weighted by molar-refractivity contribution is 0.372. The van der Waals surface area contributed by atoms with Crippen molar-refractivity contribution >= 4 is 22.1 Å². The SMILES string of the molecule is Fc1cccc(-c2cccc3[nH]c(-c4n[nH]c5ccc(-c6cncc(CC7CCNCC7)c6)nc45)nc23)c1. The van der Waals surface area contributed by atoms with Crippen molar-refractivity contribution in [3.63, 3.8) is 0 Å². The smallest absolute Gasteiger partial charge is 0.161 e. The Labute approximate surface area is 218 Å². The van der Waals surface area contributed by atoms with Crippen molar-refractivity contribution in [2.45, 2.75) is 19.3 Å². The summed E-state index contributed by atoms with van der Waals surface area (Å²) in [5, 5.41) is 11.1. The lowest BCUT2D eigenvalue weighted by Crippen LogP contribution is -2.28. The number of halogens is 1. The molecule has 0 aliphatic carbocycles. The van der Waals surface area contributed by atoms with Gasteiger partial charge in [-0.1, -0.05) is 24.3 Å². The Bertz CT molecular complexity index is 1760. The van der Waals surface area contributed by atoms with Gasteiger partial charge in [0.15, 0.2) is 11.5 Å². The highest BCUT2D eigenvalue weighted by Gasteiger charge is 2.18. The molecule has 7 nitrogen and oxygen atoms in total. The molecule has 1 aliphatic rings. The average molecular weight is 504 g/mol. The lowest BCUT2D eigenvalue weighted by atomic mass is 9.91. The van der Waals surface area contributed by atoms with Gasteiger partial charge in [-0.05, 0) is 85.8 Å². The van der Waals surface area contributed by atoms with Gasteiger partial charge in [-0.2, -0.15) is 5.10 Å². The zero-order valence-corrected chi connectivity index (χ0v) is 20.7. The fourth-order valence-corrected chi connectivity index (χ4v) is 5.42. The van der Waals surface area contributed by atoms with Gasteiger partial charge in [-0.15, -0.1) is 0 Å². The second-order valence-electron chi connectivity index (χ2n) is 9.94. The average Bonchev–Trinajstić information content (AvgIpc) is 3.57. The first kappa shape index (κ1) is 22.7. The predicted octanol–water partition coefficient (Wildman–Crippen LogP) is 5.91. The molecule has 1 aliphatic heterocycles. The van der Waals surface area contributed by atoms with Crippen LogP contribution in [0.4, 0.5) is 4.39 Å². The number of para-hydroxylation sites is 1. The van der Waals surface area contributed by atoms with Crippen molar-refractivity contribution in [3.8, 4) is 33.9 Å². The first-order valence-electron chi connectivity index (χ1n) is 13.0. The Balaban J connectivity index is 1.26. The summed E-state index contributed by atoms with van der Waals surface area (Å²) in [4.78, 5) is 17.8. The van der Waals surface area contributed by atoms with Crippen LogP contribution in [-0.2, 0) is 6.42 Å². The van der Waals surface area contributed by atoms with Gasteiger partial charge in [-0.25, -0.2) is 14.4 Å². The molecule has 5 heterocycles. The van der Waals surface area contributed by atoms with Gasteiger partial charge < -0.3 is 10.3 Å². The Morgan fingerprint density at radius 3 is 2.63 bits per heavy atom. The number of H-pyrrole nitrogens is 2. The Morgan fingerprint density at radius 2 is 1.74 bits per heavy atom. The summed E-state index contributed by atoms with van der Waals surface area (Å²) >= 11 is 0. The molecule has 2 aromatic carbocycles. The summed E-state index contributed by atoms with van der Waals surface area (Å²) in [6, 6.07) is 18.6. The zero-order chi connectivity index (χ0) is 25.5. The first-order valence-corrected chi connectivity index (χ1v) is 13.0. The van der Waals surface area contributed by atoms with E-state index in [1.54, 1.807) is 6.07 Å². The van der Waals surface area contributed by atoms with Crippen molar-refractivity contribution in [1.82, 2.24) is 35.5 Å². The van der Waals surface area contributed by atoms with E-state index in [0.717, 1.165) is 64.0 Å². The van der Waals surface area contributed by atoms with Crippen LogP contribution in [0.3, 0.4) is 0 Å². The molecule has 8 heteroatoms. The van der Waals surface area contributed by atoms with Crippen LogP contribution in [0.1, 0.15) is 18.4 Å². The fourth-order valence-electron chi connectivity index (χ4n) is 5.42. The molecule has 38 heavy (non-hydrogen) atoms. The molecule has 6 aromatic rings. The molecule has 0 spiro atoms. The normalized spacial score (nSPS) is 14.4. The van der Waals surface area contributed by atoms with Gasteiger partial charge in [0.25, 0.3) is 0 Å². The largest absolute Gasteiger partial charge is 0.336 e. The van der Waals surface area contributed by atoms with Crippen molar-refractivity contribution in [2.24, 2.45) is 5.92 Å². The number of benzene rings is 2. The van der Waals surface area contributed by atoms with E-state index in [1.807, 2.05) is 48.8 Å². The van der Waals surface area contributed by atoms with Gasteiger partial charge >= 0.3 is 0 Å². The third kappa shape index (κ3) is 4.22. The highest BCUT2D eigenvalue weighted by atomic mass is 19.1. The number of rotatable bonds is 5.